The summed E-state index contributed by atoms with van der Waals surface area (Å²) in [5.74, 6) is -0.0733. The fourth-order valence-corrected chi connectivity index (χ4v) is 3.50. The normalized spacial score (nSPS) is 16.2. The highest BCUT2D eigenvalue weighted by atomic mass is 35.5. The first-order valence-corrected chi connectivity index (χ1v) is 9.61. The van der Waals surface area contributed by atoms with Crippen molar-refractivity contribution in [1.29, 1.82) is 0 Å². The van der Waals surface area contributed by atoms with Crippen LogP contribution in [0.15, 0.2) is 59.3 Å². The third-order valence-corrected chi connectivity index (χ3v) is 5.01. The van der Waals surface area contributed by atoms with E-state index in [2.05, 4.69) is 10.1 Å². The van der Waals surface area contributed by atoms with Gasteiger partial charge in [-0.1, -0.05) is 41.0 Å². The van der Waals surface area contributed by atoms with Crippen LogP contribution in [-0.2, 0) is 11.3 Å². The van der Waals surface area contributed by atoms with Crippen LogP contribution in [0.2, 0.25) is 5.02 Å². The van der Waals surface area contributed by atoms with Crippen LogP contribution in [0.1, 0.15) is 29.1 Å². The molecule has 144 valence electrons. The Morgan fingerprint density at radius 2 is 2.07 bits per heavy atom. The first-order valence-electron chi connectivity index (χ1n) is 9.23. The van der Waals surface area contributed by atoms with Gasteiger partial charge in [-0.2, -0.15) is 0 Å². The van der Waals surface area contributed by atoms with Gasteiger partial charge in [-0.25, -0.2) is 0 Å². The van der Waals surface area contributed by atoms with E-state index in [0.29, 0.717) is 23.8 Å². The lowest BCUT2D eigenvalue weighted by Gasteiger charge is -2.24. The molecule has 2 aromatic heterocycles. The number of hydrogen-bond donors (Lipinski definition) is 0. The Morgan fingerprint density at radius 1 is 1.21 bits per heavy atom. The van der Waals surface area contributed by atoms with Crippen LogP contribution >= 0.6 is 11.6 Å². The SMILES string of the molecule is O=C(c1cc(-c2ccccc2Cl)no1)N(Cc1ccccn1)C[C@H]1CCCO1. The van der Waals surface area contributed by atoms with Gasteiger partial charge in [0.25, 0.3) is 5.91 Å². The van der Waals surface area contributed by atoms with E-state index >= 15 is 0 Å². The third kappa shape index (κ3) is 4.24. The van der Waals surface area contributed by atoms with Gasteiger partial charge in [0.15, 0.2) is 0 Å². The standard InChI is InChI=1S/C21H20ClN3O3/c22-18-9-2-1-8-17(18)19-12-20(28-24-19)21(26)25(14-16-7-5-11-27-16)13-15-6-3-4-10-23-15/h1-4,6,8-10,12,16H,5,7,11,13-14H2/t16-/m1/s1. The lowest BCUT2D eigenvalue weighted by molar-refractivity contribution is 0.0474. The molecule has 0 unspecified atom stereocenters. The van der Waals surface area contributed by atoms with E-state index in [-0.39, 0.29) is 17.8 Å². The van der Waals surface area contributed by atoms with Gasteiger partial charge in [-0.3, -0.25) is 9.78 Å². The topological polar surface area (TPSA) is 68.5 Å². The molecule has 1 aliphatic heterocycles. The molecule has 1 saturated heterocycles. The summed E-state index contributed by atoms with van der Waals surface area (Å²) in [6, 6.07) is 14.6. The molecule has 28 heavy (non-hydrogen) atoms. The third-order valence-electron chi connectivity index (χ3n) is 4.68. The molecule has 4 rings (SSSR count). The van der Waals surface area contributed by atoms with Crippen LogP contribution < -0.4 is 0 Å². The Kier molecular flexibility index (Phi) is 5.69. The molecule has 1 fully saturated rings. The van der Waals surface area contributed by atoms with Crippen molar-refractivity contribution in [3.05, 3.63) is 71.2 Å². The number of carbonyl (C=O) groups is 1. The van der Waals surface area contributed by atoms with E-state index in [0.717, 1.165) is 30.7 Å². The zero-order valence-corrected chi connectivity index (χ0v) is 16.0. The van der Waals surface area contributed by atoms with E-state index in [1.807, 2.05) is 36.4 Å². The van der Waals surface area contributed by atoms with E-state index < -0.39 is 0 Å². The van der Waals surface area contributed by atoms with Gasteiger partial charge in [0.2, 0.25) is 5.76 Å². The molecule has 0 N–H and O–H groups in total. The summed E-state index contributed by atoms with van der Waals surface area (Å²) in [6.07, 6.45) is 3.69. The summed E-state index contributed by atoms with van der Waals surface area (Å²) in [4.78, 5) is 19.2. The average Bonchev–Trinajstić information content (AvgIpc) is 3.40. The second kappa shape index (κ2) is 8.54. The average molecular weight is 398 g/mol. The molecule has 1 atom stereocenters. The molecule has 0 bridgehead atoms. The summed E-state index contributed by atoms with van der Waals surface area (Å²) < 4.78 is 11.1. The highest BCUT2D eigenvalue weighted by molar-refractivity contribution is 6.33. The number of benzene rings is 1. The van der Waals surface area contributed by atoms with Crippen LogP contribution in [0.3, 0.4) is 0 Å². The Labute approximate surface area is 168 Å². The van der Waals surface area contributed by atoms with Crippen molar-refractivity contribution < 1.29 is 14.1 Å². The lowest BCUT2D eigenvalue weighted by Crippen LogP contribution is -2.37. The summed E-state index contributed by atoms with van der Waals surface area (Å²) in [5.41, 5.74) is 2.06. The quantitative estimate of drug-likeness (QED) is 0.623. The summed E-state index contributed by atoms with van der Waals surface area (Å²) in [6.45, 7) is 1.59. The predicted octanol–water partition coefficient (Wildman–Crippen LogP) is 4.21. The fourth-order valence-electron chi connectivity index (χ4n) is 3.27. The molecule has 3 heterocycles. The monoisotopic (exact) mass is 397 g/mol. The predicted molar refractivity (Wildman–Crippen MR) is 105 cm³/mol. The number of rotatable bonds is 6. The number of aromatic nitrogens is 2. The van der Waals surface area contributed by atoms with Gasteiger partial charge in [0.05, 0.1) is 23.4 Å². The molecule has 0 saturated carbocycles. The van der Waals surface area contributed by atoms with E-state index in [4.69, 9.17) is 20.9 Å². The Balaban J connectivity index is 1.57. The van der Waals surface area contributed by atoms with Crippen molar-refractivity contribution in [3.63, 3.8) is 0 Å². The first kappa shape index (κ1) is 18.7. The van der Waals surface area contributed by atoms with E-state index in [9.17, 15) is 4.79 Å². The van der Waals surface area contributed by atoms with E-state index in [1.165, 1.54) is 0 Å². The Hall–Kier alpha value is -2.70. The van der Waals surface area contributed by atoms with Crippen LogP contribution in [0, 0.1) is 0 Å². The molecule has 7 heteroatoms. The Morgan fingerprint density at radius 3 is 2.82 bits per heavy atom. The van der Waals surface area contributed by atoms with Gasteiger partial charge in [-0.05, 0) is 31.0 Å². The molecule has 1 amide bonds. The minimum absolute atomic E-state index is 0.0265. The summed E-state index contributed by atoms with van der Waals surface area (Å²) in [5, 5.41) is 4.59. The lowest BCUT2D eigenvalue weighted by atomic mass is 10.1. The number of ether oxygens (including phenoxy) is 1. The smallest absolute Gasteiger partial charge is 0.292 e. The van der Waals surface area contributed by atoms with Gasteiger partial charge in [-0.15, -0.1) is 0 Å². The molecule has 3 aromatic rings. The molecule has 1 aliphatic rings. The highest BCUT2D eigenvalue weighted by Gasteiger charge is 2.26. The maximum absolute atomic E-state index is 13.1. The molecular formula is C21H20ClN3O3. The second-order valence-corrected chi connectivity index (χ2v) is 7.11. The molecular weight excluding hydrogens is 378 g/mol. The summed E-state index contributed by atoms with van der Waals surface area (Å²) in [7, 11) is 0. The Bertz CT molecular complexity index is 939. The van der Waals surface area contributed by atoms with Gasteiger partial charge >= 0.3 is 0 Å². The van der Waals surface area contributed by atoms with Crippen molar-refractivity contribution in [2.75, 3.05) is 13.2 Å². The maximum Gasteiger partial charge on any atom is 0.292 e. The number of pyridine rings is 1. The zero-order valence-electron chi connectivity index (χ0n) is 15.3. The largest absolute Gasteiger partial charge is 0.376 e. The van der Waals surface area contributed by atoms with Gasteiger partial charge in [0, 0.05) is 31.0 Å². The maximum atomic E-state index is 13.1. The number of halogens is 1. The minimum atomic E-state index is -0.244. The fraction of sp³-hybridized carbons (Fsp3) is 0.286. The van der Waals surface area contributed by atoms with Gasteiger partial charge < -0.3 is 14.2 Å². The molecule has 0 spiro atoms. The molecule has 0 radical (unpaired) electrons. The summed E-state index contributed by atoms with van der Waals surface area (Å²) >= 11 is 6.23. The zero-order chi connectivity index (χ0) is 19.3. The number of carbonyl (C=O) groups excluding carboxylic acids is 1. The van der Waals surface area contributed by atoms with Crippen LogP contribution in [0.25, 0.3) is 11.3 Å². The molecule has 1 aromatic carbocycles. The molecule has 0 aliphatic carbocycles. The number of amides is 1. The first-order chi connectivity index (χ1) is 13.7. The van der Waals surface area contributed by atoms with Crippen LogP contribution in [-0.4, -0.2) is 40.2 Å². The number of hydrogen-bond acceptors (Lipinski definition) is 5. The van der Waals surface area contributed by atoms with Crippen molar-refractivity contribution in [2.45, 2.75) is 25.5 Å². The number of nitrogens with zero attached hydrogens (tertiary/aromatic N) is 3. The van der Waals surface area contributed by atoms with Crippen molar-refractivity contribution in [3.8, 4) is 11.3 Å². The van der Waals surface area contributed by atoms with Crippen molar-refractivity contribution in [2.24, 2.45) is 0 Å². The van der Waals surface area contributed by atoms with Crippen molar-refractivity contribution in [1.82, 2.24) is 15.0 Å². The van der Waals surface area contributed by atoms with Crippen LogP contribution in [0.5, 0.6) is 0 Å². The van der Waals surface area contributed by atoms with Gasteiger partial charge in [0.1, 0.15) is 5.69 Å². The van der Waals surface area contributed by atoms with Crippen LogP contribution in [0.4, 0.5) is 0 Å². The minimum Gasteiger partial charge on any atom is -0.376 e. The molecule has 6 nitrogen and oxygen atoms in total. The van der Waals surface area contributed by atoms with E-state index in [1.54, 1.807) is 23.2 Å². The second-order valence-electron chi connectivity index (χ2n) is 6.70. The highest BCUT2D eigenvalue weighted by Crippen LogP contribution is 2.27. The van der Waals surface area contributed by atoms with Crippen molar-refractivity contribution >= 4 is 17.5 Å².